The molecule has 1 aliphatic rings. The molecule has 1 aromatic rings. The van der Waals surface area contributed by atoms with Gasteiger partial charge in [0.2, 0.25) is 0 Å². The van der Waals surface area contributed by atoms with Crippen LogP contribution in [0.15, 0.2) is 24.3 Å². The van der Waals surface area contributed by atoms with Gasteiger partial charge in [-0.1, -0.05) is 12.1 Å². The van der Waals surface area contributed by atoms with Crippen LogP contribution in [0.25, 0.3) is 0 Å². The molecular formula is C15H23N3O2. The highest BCUT2D eigenvalue weighted by Gasteiger charge is 2.14. The van der Waals surface area contributed by atoms with Crippen molar-refractivity contribution in [3.63, 3.8) is 0 Å². The summed E-state index contributed by atoms with van der Waals surface area (Å²) in [6.45, 7) is 4.23. The fourth-order valence-electron chi connectivity index (χ4n) is 2.23. The number of hydrogen-bond acceptors (Lipinski definition) is 3. The van der Waals surface area contributed by atoms with Gasteiger partial charge in [-0.25, -0.2) is 4.79 Å². The first-order valence-corrected chi connectivity index (χ1v) is 7.13. The largest absolute Gasteiger partial charge is 0.381 e. The van der Waals surface area contributed by atoms with Crippen LogP contribution < -0.4 is 16.4 Å². The van der Waals surface area contributed by atoms with Gasteiger partial charge >= 0.3 is 6.03 Å². The van der Waals surface area contributed by atoms with Crippen LogP contribution >= 0.6 is 0 Å². The minimum atomic E-state index is -0.162. The molecule has 5 nitrogen and oxygen atoms in total. The molecule has 1 fully saturated rings. The van der Waals surface area contributed by atoms with Crippen molar-refractivity contribution < 1.29 is 9.53 Å². The number of amides is 2. The van der Waals surface area contributed by atoms with Crippen molar-refractivity contribution in [3.8, 4) is 0 Å². The van der Waals surface area contributed by atoms with Gasteiger partial charge in [-0.2, -0.15) is 0 Å². The lowest BCUT2D eigenvalue weighted by molar-refractivity contribution is 0.0671. The third-order valence-electron chi connectivity index (χ3n) is 3.59. The average Bonchev–Trinajstić information content (AvgIpc) is 2.47. The van der Waals surface area contributed by atoms with E-state index in [1.54, 1.807) is 0 Å². The van der Waals surface area contributed by atoms with Crippen LogP contribution in [0.1, 0.15) is 31.4 Å². The number of anilines is 1. The van der Waals surface area contributed by atoms with Crippen molar-refractivity contribution in [2.45, 2.75) is 25.8 Å². The number of ether oxygens (including phenoxy) is 1. The van der Waals surface area contributed by atoms with Crippen molar-refractivity contribution in [1.82, 2.24) is 5.32 Å². The van der Waals surface area contributed by atoms with E-state index in [-0.39, 0.29) is 12.1 Å². The van der Waals surface area contributed by atoms with Gasteiger partial charge in [0.15, 0.2) is 0 Å². The lowest BCUT2D eigenvalue weighted by Crippen LogP contribution is -2.35. The zero-order chi connectivity index (χ0) is 14.4. The number of rotatable bonds is 4. The number of carbonyl (C=O) groups excluding carboxylic acids is 1. The molecule has 1 unspecified atom stereocenters. The van der Waals surface area contributed by atoms with Crippen LogP contribution in [-0.2, 0) is 4.74 Å². The molecule has 1 aliphatic heterocycles. The van der Waals surface area contributed by atoms with E-state index in [1.807, 2.05) is 31.2 Å². The Morgan fingerprint density at radius 2 is 2.00 bits per heavy atom. The molecule has 1 aromatic carbocycles. The molecule has 1 atom stereocenters. The summed E-state index contributed by atoms with van der Waals surface area (Å²) in [5, 5.41) is 5.73. The molecule has 4 N–H and O–H groups in total. The summed E-state index contributed by atoms with van der Waals surface area (Å²) in [6.07, 6.45) is 2.03. The predicted octanol–water partition coefficient (Wildman–Crippen LogP) is 2.25. The van der Waals surface area contributed by atoms with E-state index in [9.17, 15) is 4.79 Å². The van der Waals surface area contributed by atoms with Crippen molar-refractivity contribution >= 4 is 11.7 Å². The lowest BCUT2D eigenvalue weighted by atomic mass is 10.0. The Morgan fingerprint density at radius 1 is 1.35 bits per heavy atom. The van der Waals surface area contributed by atoms with E-state index in [4.69, 9.17) is 10.5 Å². The maximum absolute atomic E-state index is 11.8. The number of nitrogens with one attached hydrogen (secondary N) is 2. The molecule has 0 spiro atoms. The van der Waals surface area contributed by atoms with Crippen molar-refractivity contribution in [2.75, 3.05) is 25.1 Å². The lowest BCUT2D eigenvalue weighted by Gasteiger charge is -2.22. The maximum atomic E-state index is 11.8. The Bertz CT molecular complexity index is 425. The third kappa shape index (κ3) is 4.51. The monoisotopic (exact) mass is 277 g/mol. The van der Waals surface area contributed by atoms with Gasteiger partial charge in [-0.15, -0.1) is 0 Å². The summed E-state index contributed by atoms with van der Waals surface area (Å²) >= 11 is 0. The zero-order valence-electron chi connectivity index (χ0n) is 11.9. The molecular weight excluding hydrogens is 254 g/mol. The summed E-state index contributed by atoms with van der Waals surface area (Å²) in [7, 11) is 0. The first kappa shape index (κ1) is 14.8. The Kier molecular flexibility index (Phi) is 5.38. The highest BCUT2D eigenvalue weighted by Crippen LogP contribution is 2.15. The van der Waals surface area contributed by atoms with Crippen molar-refractivity contribution in [3.05, 3.63) is 29.8 Å². The normalized spacial score (nSPS) is 17.5. The van der Waals surface area contributed by atoms with E-state index in [0.717, 1.165) is 37.3 Å². The summed E-state index contributed by atoms with van der Waals surface area (Å²) in [5.41, 5.74) is 7.62. The van der Waals surface area contributed by atoms with Crippen LogP contribution in [0.2, 0.25) is 0 Å². The number of carbonyl (C=O) groups is 1. The van der Waals surface area contributed by atoms with E-state index >= 15 is 0 Å². The second-order valence-electron chi connectivity index (χ2n) is 5.30. The minimum Gasteiger partial charge on any atom is -0.381 e. The van der Waals surface area contributed by atoms with Gasteiger partial charge in [0.05, 0.1) is 0 Å². The second-order valence-corrected chi connectivity index (χ2v) is 5.30. The molecule has 0 saturated carbocycles. The summed E-state index contributed by atoms with van der Waals surface area (Å²) < 4.78 is 5.29. The molecule has 0 aliphatic carbocycles. The van der Waals surface area contributed by atoms with E-state index in [2.05, 4.69) is 10.6 Å². The summed E-state index contributed by atoms with van der Waals surface area (Å²) in [4.78, 5) is 11.8. The molecule has 1 saturated heterocycles. The van der Waals surface area contributed by atoms with Gasteiger partial charge in [0.1, 0.15) is 0 Å². The first-order valence-electron chi connectivity index (χ1n) is 7.13. The average molecular weight is 277 g/mol. The van der Waals surface area contributed by atoms with E-state index in [0.29, 0.717) is 12.5 Å². The summed E-state index contributed by atoms with van der Waals surface area (Å²) in [6, 6.07) is 7.44. The van der Waals surface area contributed by atoms with Crippen LogP contribution in [0.5, 0.6) is 0 Å². The van der Waals surface area contributed by atoms with Gasteiger partial charge in [-0.3, -0.25) is 0 Å². The molecule has 1 heterocycles. The van der Waals surface area contributed by atoms with Crippen LogP contribution in [-0.4, -0.2) is 25.8 Å². The van der Waals surface area contributed by atoms with Gasteiger partial charge in [0, 0.05) is 31.5 Å². The van der Waals surface area contributed by atoms with Crippen molar-refractivity contribution in [2.24, 2.45) is 11.7 Å². The fourth-order valence-corrected chi connectivity index (χ4v) is 2.23. The van der Waals surface area contributed by atoms with Crippen LogP contribution in [0.3, 0.4) is 0 Å². The molecule has 2 rings (SSSR count). The topological polar surface area (TPSA) is 76.4 Å². The van der Waals surface area contributed by atoms with Crippen LogP contribution in [0.4, 0.5) is 10.5 Å². The Morgan fingerprint density at radius 3 is 2.60 bits per heavy atom. The standard InChI is InChI=1S/C15H23N3O2/c1-11(16)13-2-4-14(5-3-13)18-15(19)17-10-12-6-8-20-9-7-12/h2-5,11-12H,6-10,16H2,1H3,(H2,17,18,19). The van der Waals surface area contributed by atoms with E-state index < -0.39 is 0 Å². The smallest absolute Gasteiger partial charge is 0.319 e. The minimum absolute atomic E-state index is 0.00592. The highest BCUT2D eigenvalue weighted by atomic mass is 16.5. The number of nitrogens with two attached hydrogens (primary N) is 1. The molecule has 0 bridgehead atoms. The third-order valence-corrected chi connectivity index (χ3v) is 3.59. The molecule has 20 heavy (non-hydrogen) atoms. The number of benzene rings is 1. The fraction of sp³-hybridized carbons (Fsp3) is 0.533. The molecule has 5 heteroatoms. The Hall–Kier alpha value is -1.59. The maximum Gasteiger partial charge on any atom is 0.319 e. The summed E-state index contributed by atoms with van der Waals surface area (Å²) in [5.74, 6) is 0.523. The highest BCUT2D eigenvalue weighted by molar-refractivity contribution is 5.89. The molecule has 0 aromatic heterocycles. The predicted molar refractivity (Wildman–Crippen MR) is 79.6 cm³/mol. The molecule has 110 valence electrons. The van der Waals surface area contributed by atoms with Crippen molar-refractivity contribution in [1.29, 1.82) is 0 Å². The number of hydrogen-bond donors (Lipinski definition) is 3. The second kappa shape index (κ2) is 7.26. The quantitative estimate of drug-likeness (QED) is 0.790. The SMILES string of the molecule is CC(N)c1ccc(NC(=O)NCC2CCOCC2)cc1. The van der Waals surface area contributed by atoms with Crippen LogP contribution in [0, 0.1) is 5.92 Å². The number of urea groups is 1. The Balaban J connectivity index is 1.75. The molecule has 0 radical (unpaired) electrons. The van der Waals surface area contributed by atoms with E-state index in [1.165, 1.54) is 0 Å². The van der Waals surface area contributed by atoms with Gasteiger partial charge < -0.3 is 21.1 Å². The first-order chi connectivity index (χ1) is 9.65. The Labute approximate surface area is 119 Å². The zero-order valence-corrected chi connectivity index (χ0v) is 11.9. The van der Waals surface area contributed by atoms with Gasteiger partial charge in [-0.05, 0) is 43.4 Å². The van der Waals surface area contributed by atoms with Gasteiger partial charge in [0.25, 0.3) is 0 Å². The molecule has 2 amide bonds.